The monoisotopic (exact) mass is 405 g/mol. The molecule has 2 aromatic rings. The highest BCUT2D eigenvalue weighted by Crippen LogP contribution is 2.19. The summed E-state index contributed by atoms with van der Waals surface area (Å²) in [6.07, 6.45) is 0.269. The Bertz CT molecular complexity index is 1090. The number of carbonyl (C=O) groups excluding carboxylic acids is 4. The molecule has 0 saturated carbocycles. The first kappa shape index (κ1) is 20.7. The molecule has 0 radical (unpaired) electrons. The minimum Gasteiger partial charge on any atom is -0.469 e. The van der Waals surface area contributed by atoms with E-state index in [-0.39, 0.29) is 23.1 Å². The van der Waals surface area contributed by atoms with E-state index in [0.717, 1.165) is 5.56 Å². The summed E-state index contributed by atoms with van der Waals surface area (Å²) in [7, 11) is 1.27. The van der Waals surface area contributed by atoms with Crippen molar-refractivity contribution >= 4 is 23.7 Å². The summed E-state index contributed by atoms with van der Waals surface area (Å²) < 4.78 is 4.89. The van der Waals surface area contributed by atoms with E-state index in [1.807, 2.05) is 0 Å². The predicted molar refractivity (Wildman–Crippen MR) is 106 cm³/mol. The van der Waals surface area contributed by atoms with Gasteiger partial charge in [-0.25, -0.2) is 0 Å². The normalized spacial score (nSPS) is 14.2. The molecule has 3 rings (SSSR count). The summed E-state index contributed by atoms with van der Waals surface area (Å²) in [4.78, 5) is 48.5. The van der Waals surface area contributed by atoms with E-state index in [4.69, 9.17) is 10.00 Å². The molecule has 152 valence electrons. The minimum absolute atomic E-state index is 0.137. The van der Waals surface area contributed by atoms with Crippen molar-refractivity contribution in [3.05, 3.63) is 70.3 Å². The lowest BCUT2D eigenvalue weighted by molar-refractivity contribution is -0.146. The van der Waals surface area contributed by atoms with E-state index in [1.54, 1.807) is 31.2 Å². The Balaban J connectivity index is 1.78. The van der Waals surface area contributed by atoms with Gasteiger partial charge in [0.05, 0.1) is 35.8 Å². The quantitative estimate of drug-likeness (QED) is 0.555. The molecule has 2 N–H and O–H groups in total. The Morgan fingerprint density at radius 2 is 1.87 bits per heavy atom. The molecule has 8 nitrogen and oxygen atoms in total. The number of rotatable bonds is 6. The molecule has 1 heterocycles. The van der Waals surface area contributed by atoms with Crippen LogP contribution in [-0.2, 0) is 16.0 Å². The standard InChI is InChI=1S/C22H19N3O5/c1-12(17(22(29)30-2)9-13-4-3-5-14(8-13)11-23)24-19(26)15-6-7-16-18(10-15)21(28)25-20(16)27/h3-8,10,12,17H,9H2,1-2H3,(H,24,26)(H,25,27,28). The van der Waals surface area contributed by atoms with Gasteiger partial charge in [0.1, 0.15) is 0 Å². The van der Waals surface area contributed by atoms with Crippen LogP contribution in [0.2, 0.25) is 0 Å². The van der Waals surface area contributed by atoms with Crippen LogP contribution in [0.4, 0.5) is 0 Å². The summed E-state index contributed by atoms with van der Waals surface area (Å²) >= 11 is 0. The summed E-state index contributed by atoms with van der Waals surface area (Å²) in [5.74, 6) is -2.73. The zero-order valence-electron chi connectivity index (χ0n) is 16.4. The van der Waals surface area contributed by atoms with Crippen molar-refractivity contribution in [1.29, 1.82) is 5.26 Å². The Morgan fingerprint density at radius 1 is 1.13 bits per heavy atom. The molecule has 0 saturated heterocycles. The van der Waals surface area contributed by atoms with Crippen molar-refractivity contribution < 1.29 is 23.9 Å². The number of amides is 3. The molecule has 30 heavy (non-hydrogen) atoms. The van der Waals surface area contributed by atoms with Crippen LogP contribution in [0.25, 0.3) is 0 Å². The molecule has 1 aliphatic heterocycles. The molecular formula is C22H19N3O5. The maximum Gasteiger partial charge on any atom is 0.311 e. The number of fused-ring (bicyclic) bond motifs is 1. The first-order valence-corrected chi connectivity index (χ1v) is 9.21. The van der Waals surface area contributed by atoms with Gasteiger partial charge in [0.2, 0.25) is 0 Å². The van der Waals surface area contributed by atoms with Crippen molar-refractivity contribution in [1.82, 2.24) is 10.6 Å². The lowest BCUT2D eigenvalue weighted by atomic mass is 9.92. The molecule has 3 amide bonds. The molecule has 2 atom stereocenters. The van der Waals surface area contributed by atoms with E-state index in [1.165, 1.54) is 25.3 Å². The number of imide groups is 1. The third kappa shape index (κ3) is 4.20. The number of ether oxygens (including phenoxy) is 1. The number of benzene rings is 2. The van der Waals surface area contributed by atoms with Crippen molar-refractivity contribution in [3.63, 3.8) is 0 Å². The number of hydrogen-bond acceptors (Lipinski definition) is 6. The number of nitrogens with one attached hydrogen (secondary N) is 2. The Morgan fingerprint density at radius 3 is 2.57 bits per heavy atom. The SMILES string of the molecule is COC(=O)C(Cc1cccc(C#N)c1)C(C)NC(=O)c1ccc2c(c1)C(=O)NC2=O. The van der Waals surface area contributed by atoms with Gasteiger partial charge in [-0.3, -0.25) is 24.5 Å². The van der Waals surface area contributed by atoms with Gasteiger partial charge < -0.3 is 10.1 Å². The molecule has 0 aromatic heterocycles. The van der Waals surface area contributed by atoms with Crippen molar-refractivity contribution in [2.45, 2.75) is 19.4 Å². The number of nitrogens with zero attached hydrogens (tertiary/aromatic N) is 1. The van der Waals surface area contributed by atoms with Gasteiger partial charge in [-0.2, -0.15) is 5.26 Å². The van der Waals surface area contributed by atoms with Gasteiger partial charge in [0, 0.05) is 11.6 Å². The molecule has 1 aliphatic rings. The summed E-state index contributed by atoms with van der Waals surface area (Å²) in [5.41, 5.74) is 1.78. The van der Waals surface area contributed by atoms with Crippen LogP contribution in [-0.4, -0.2) is 36.8 Å². The fourth-order valence-corrected chi connectivity index (χ4v) is 3.34. The highest BCUT2D eigenvalue weighted by Gasteiger charge is 2.30. The van der Waals surface area contributed by atoms with Crippen LogP contribution < -0.4 is 10.6 Å². The predicted octanol–water partition coefficient (Wildman–Crippen LogP) is 1.59. The Labute approximate surface area is 172 Å². The fraction of sp³-hybridized carbons (Fsp3) is 0.227. The largest absolute Gasteiger partial charge is 0.469 e. The molecule has 2 aromatic carbocycles. The smallest absolute Gasteiger partial charge is 0.311 e. The van der Waals surface area contributed by atoms with E-state index >= 15 is 0 Å². The average Bonchev–Trinajstić information content (AvgIpc) is 3.04. The molecule has 0 bridgehead atoms. The van der Waals surface area contributed by atoms with Gasteiger partial charge >= 0.3 is 5.97 Å². The topological polar surface area (TPSA) is 125 Å². The first-order chi connectivity index (χ1) is 14.3. The maximum absolute atomic E-state index is 12.7. The average molecular weight is 405 g/mol. The van der Waals surface area contributed by atoms with Gasteiger partial charge in [0.25, 0.3) is 17.7 Å². The number of hydrogen-bond donors (Lipinski definition) is 2. The summed E-state index contributed by atoms with van der Waals surface area (Å²) in [6, 6.07) is 12.5. The lowest BCUT2D eigenvalue weighted by Gasteiger charge is -2.23. The van der Waals surface area contributed by atoms with Gasteiger partial charge in [-0.05, 0) is 49.2 Å². The van der Waals surface area contributed by atoms with Crippen molar-refractivity contribution in [2.75, 3.05) is 7.11 Å². The number of carbonyl (C=O) groups is 4. The molecule has 2 unspecified atom stereocenters. The van der Waals surface area contributed by atoms with Crippen LogP contribution in [0.1, 0.15) is 49.1 Å². The molecular weight excluding hydrogens is 386 g/mol. The number of methoxy groups -OCH3 is 1. The minimum atomic E-state index is -0.688. The van der Waals surface area contributed by atoms with E-state index in [2.05, 4.69) is 16.7 Å². The molecule has 8 heteroatoms. The van der Waals surface area contributed by atoms with Crippen LogP contribution in [0.5, 0.6) is 0 Å². The first-order valence-electron chi connectivity index (χ1n) is 9.21. The van der Waals surface area contributed by atoms with Gasteiger partial charge in [0.15, 0.2) is 0 Å². The third-order valence-corrected chi connectivity index (χ3v) is 4.98. The Hall–Kier alpha value is -3.99. The third-order valence-electron chi connectivity index (χ3n) is 4.98. The highest BCUT2D eigenvalue weighted by molar-refractivity contribution is 6.22. The van der Waals surface area contributed by atoms with Crippen molar-refractivity contribution in [2.24, 2.45) is 5.92 Å². The van der Waals surface area contributed by atoms with Crippen LogP contribution >= 0.6 is 0 Å². The van der Waals surface area contributed by atoms with E-state index in [9.17, 15) is 19.2 Å². The molecule has 0 spiro atoms. The lowest BCUT2D eigenvalue weighted by Crippen LogP contribution is -2.42. The van der Waals surface area contributed by atoms with E-state index < -0.39 is 35.7 Å². The van der Waals surface area contributed by atoms with Gasteiger partial charge in [-0.15, -0.1) is 0 Å². The van der Waals surface area contributed by atoms with Gasteiger partial charge in [-0.1, -0.05) is 12.1 Å². The zero-order chi connectivity index (χ0) is 21.8. The fourth-order valence-electron chi connectivity index (χ4n) is 3.34. The van der Waals surface area contributed by atoms with E-state index in [0.29, 0.717) is 5.56 Å². The zero-order valence-corrected chi connectivity index (χ0v) is 16.4. The number of esters is 1. The van der Waals surface area contributed by atoms with Crippen LogP contribution in [0.15, 0.2) is 42.5 Å². The second kappa shape index (κ2) is 8.57. The Kier molecular flexibility index (Phi) is 5.93. The maximum atomic E-state index is 12.7. The highest BCUT2D eigenvalue weighted by atomic mass is 16.5. The second-order valence-corrected chi connectivity index (χ2v) is 6.95. The second-order valence-electron chi connectivity index (χ2n) is 6.95. The van der Waals surface area contributed by atoms with Crippen molar-refractivity contribution in [3.8, 4) is 6.07 Å². The van der Waals surface area contributed by atoms with Crippen LogP contribution in [0.3, 0.4) is 0 Å². The molecule has 0 fully saturated rings. The number of nitriles is 1. The summed E-state index contributed by atoms with van der Waals surface area (Å²) in [5, 5.41) is 14.0. The van der Waals surface area contributed by atoms with Crippen LogP contribution in [0, 0.1) is 17.2 Å². The summed E-state index contributed by atoms with van der Waals surface area (Å²) in [6.45, 7) is 1.68. The molecule has 0 aliphatic carbocycles.